The van der Waals surface area contributed by atoms with Gasteiger partial charge in [0.25, 0.3) is 0 Å². The SMILES string of the molecule is CCCCc1ccc(N=Cc2ccc(N3CCCCC3)cc2)cc1. The van der Waals surface area contributed by atoms with E-state index in [0.29, 0.717) is 0 Å². The highest BCUT2D eigenvalue weighted by atomic mass is 15.1. The van der Waals surface area contributed by atoms with Gasteiger partial charge in [-0.2, -0.15) is 0 Å². The summed E-state index contributed by atoms with van der Waals surface area (Å²) >= 11 is 0. The monoisotopic (exact) mass is 320 g/mol. The number of aliphatic imine (C=N–C) groups is 1. The zero-order valence-electron chi connectivity index (χ0n) is 14.7. The quantitative estimate of drug-likeness (QED) is 0.617. The average Bonchev–Trinajstić information content (AvgIpc) is 2.67. The Morgan fingerprint density at radius 1 is 0.917 bits per heavy atom. The van der Waals surface area contributed by atoms with Crippen LogP contribution >= 0.6 is 0 Å². The maximum Gasteiger partial charge on any atom is 0.0630 e. The number of nitrogens with zero attached hydrogens (tertiary/aromatic N) is 2. The highest BCUT2D eigenvalue weighted by Crippen LogP contribution is 2.20. The van der Waals surface area contributed by atoms with Gasteiger partial charge in [0.05, 0.1) is 5.69 Å². The molecule has 2 heteroatoms. The number of anilines is 1. The van der Waals surface area contributed by atoms with Crippen molar-refractivity contribution >= 4 is 17.6 Å². The van der Waals surface area contributed by atoms with Crippen molar-refractivity contribution in [2.24, 2.45) is 4.99 Å². The summed E-state index contributed by atoms with van der Waals surface area (Å²) in [5, 5.41) is 0. The van der Waals surface area contributed by atoms with E-state index in [1.54, 1.807) is 0 Å². The molecule has 1 fully saturated rings. The zero-order valence-corrected chi connectivity index (χ0v) is 14.7. The summed E-state index contributed by atoms with van der Waals surface area (Å²) < 4.78 is 0. The molecule has 2 aromatic carbocycles. The molecule has 3 rings (SSSR count). The Bertz CT molecular complexity index is 635. The molecule has 2 aromatic rings. The molecule has 1 aliphatic rings. The van der Waals surface area contributed by atoms with E-state index in [0.717, 1.165) is 11.3 Å². The smallest absolute Gasteiger partial charge is 0.0630 e. The van der Waals surface area contributed by atoms with Crippen LogP contribution in [0.25, 0.3) is 0 Å². The first-order chi connectivity index (χ1) is 11.8. The zero-order chi connectivity index (χ0) is 16.6. The van der Waals surface area contributed by atoms with Gasteiger partial charge in [0.15, 0.2) is 0 Å². The number of benzene rings is 2. The number of rotatable bonds is 6. The van der Waals surface area contributed by atoms with Crippen LogP contribution < -0.4 is 4.90 Å². The Balaban J connectivity index is 1.59. The summed E-state index contributed by atoms with van der Waals surface area (Å²) in [6.07, 6.45) is 9.63. The molecule has 0 spiro atoms. The third-order valence-electron chi connectivity index (χ3n) is 4.73. The van der Waals surface area contributed by atoms with Gasteiger partial charge < -0.3 is 4.90 Å². The largest absolute Gasteiger partial charge is 0.372 e. The van der Waals surface area contributed by atoms with E-state index in [2.05, 4.69) is 65.3 Å². The standard InChI is InChI=1S/C22H28N2/c1-2-3-7-19-8-12-21(13-9-19)23-18-20-10-14-22(15-11-20)24-16-5-4-6-17-24/h8-15,18H,2-7,16-17H2,1H3. The molecule has 0 atom stereocenters. The van der Waals surface area contributed by atoms with Gasteiger partial charge in [-0.05, 0) is 67.5 Å². The molecular weight excluding hydrogens is 292 g/mol. The summed E-state index contributed by atoms with van der Waals surface area (Å²) in [5.74, 6) is 0. The summed E-state index contributed by atoms with van der Waals surface area (Å²) in [6.45, 7) is 4.62. The van der Waals surface area contributed by atoms with Gasteiger partial charge in [0.1, 0.15) is 0 Å². The molecular formula is C22H28N2. The van der Waals surface area contributed by atoms with E-state index in [1.807, 2.05) is 6.21 Å². The van der Waals surface area contributed by atoms with E-state index >= 15 is 0 Å². The molecule has 0 saturated carbocycles. The van der Waals surface area contributed by atoms with Crippen LogP contribution in [0.15, 0.2) is 53.5 Å². The molecule has 0 aliphatic carbocycles. The van der Waals surface area contributed by atoms with Crippen molar-refractivity contribution < 1.29 is 0 Å². The number of unbranched alkanes of at least 4 members (excludes halogenated alkanes) is 1. The lowest BCUT2D eigenvalue weighted by molar-refractivity contribution is 0.578. The first kappa shape index (κ1) is 16.8. The fourth-order valence-electron chi connectivity index (χ4n) is 3.20. The molecule has 0 aromatic heterocycles. The molecule has 0 unspecified atom stereocenters. The van der Waals surface area contributed by atoms with Crippen molar-refractivity contribution in [2.45, 2.75) is 45.4 Å². The molecule has 0 radical (unpaired) electrons. The fourth-order valence-corrected chi connectivity index (χ4v) is 3.20. The molecule has 2 nitrogen and oxygen atoms in total. The second kappa shape index (κ2) is 8.68. The number of hydrogen-bond acceptors (Lipinski definition) is 2. The summed E-state index contributed by atoms with van der Waals surface area (Å²) in [7, 11) is 0. The van der Waals surface area contributed by atoms with E-state index in [4.69, 9.17) is 0 Å². The third-order valence-corrected chi connectivity index (χ3v) is 4.73. The molecule has 126 valence electrons. The maximum absolute atomic E-state index is 4.60. The lowest BCUT2D eigenvalue weighted by atomic mass is 10.1. The minimum absolute atomic E-state index is 1.02. The number of piperidine rings is 1. The van der Waals surface area contributed by atoms with Crippen molar-refractivity contribution in [2.75, 3.05) is 18.0 Å². The van der Waals surface area contributed by atoms with E-state index in [-0.39, 0.29) is 0 Å². The molecule has 1 aliphatic heterocycles. The van der Waals surface area contributed by atoms with Crippen molar-refractivity contribution in [3.8, 4) is 0 Å². The number of hydrogen-bond donors (Lipinski definition) is 0. The normalized spacial score (nSPS) is 15.1. The molecule has 0 N–H and O–H groups in total. The summed E-state index contributed by atoms with van der Waals surface area (Å²) in [4.78, 5) is 7.09. The summed E-state index contributed by atoms with van der Waals surface area (Å²) in [6, 6.07) is 17.4. The Hall–Kier alpha value is -2.09. The molecule has 24 heavy (non-hydrogen) atoms. The first-order valence-electron chi connectivity index (χ1n) is 9.33. The van der Waals surface area contributed by atoms with Crippen LogP contribution in [0.3, 0.4) is 0 Å². The average molecular weight is 320 g/mol. The molecule has 1 saturated heterocycles. The van der Waals surface area contributed by atoms with Crippen LogP contribution in [0.4, 0.5) is 11.4 Å². The minimum Gasteiger partial charge on any atom is -0.372 e. The Kier molecular flexibility index (Phi) is 6.06. The maximum atomic E-state index is 4.60. The van der Waals surface area contributed by atoms with Gasteiger partial charge in [-0.1, -0.05) is 37.6 Å². The van der Waals surface area contributed by atoms with Crippen LogP contribution in [-0.2, 0) is 6.42 Å². The van der Waals surface area contributed by atoms with Gasteiger partial charge in [0, 0.05) is 25.0 Å². The predicted molar refractivity (Wildman–Crippen MR) is 105 cm³/mol. The van der Waals surface area contributed by atoms with Crippen LogP contribution in [0.1, 0.15) is 50.2 Å². The molecule has 1 heterocycles. The Labute approximate surface area is 146 Å². The van der Waals surface area contributed by atoms with Crippen LogP contribution in [0.5, 0.6) is 0 Å². The van der Waals surface area contributed by atoms with Gasteiger partial charge in [-0.3, -0.25) is 4.99 Å². The van der Waals surface area contributed by atoms with Gasteiger partial charge >= 0.3 is 0 Å². The molecule has 0 bridgehead atoms. The van der Waals surface area contributed by atoms with E-state index < -0.39 is 0 Å². The first-order valence-corrected chi connectivity index (χ1v) is 9.33. The van der Waals surface area contributed by atoms with Crippen LogP contribution in [0, 0.1) is 0 Å². The highest BCUT2D eigenvalue weighted by Gasteiger charge is 2.10. The fraction of sp³-hybridized carbons (Fsp3) is 0.409. The van der Waals surface area contributed by atoms with Crippen LogP contribution in [-0.4, -0.2) is 19.3 Å². The topological polar surface area (TPSA) is 15.6 Å². The van der Waals surface area contributed by atoms with Gasteiger partial charge in [0.2, 0.25) is 0 Å². The van der Waals surface area contributed by atoms with Crippen molar-refractivity contribution in [1.29, 1.82) is 0 Å². The Morgan fingerprint density at radius 3 is 2.29 bits per heavy atom. The van der Waals surface area contributed by atoms with Crippen molar-refractivity contribution in [3.05, 3.63) is 59.7 Å². The second-order valence-electron chi connectivity index (χ2n) is 6.67. The predicted octanol–water partition coefficient (Wildman–Crippen LogP) is 5.77. The lowest BCUT2D eigenvalue weighted by Gasteiger charge is -2.28. The summed E-state index contributed by atoms with van der Waals surface area (Å²) in [5.41, 5.74) is 4.93. The van der Waals surface area contributed by atoms with E-state index in [9.17, 15) is 0 Å². The highest BCUT2D eigenvalue weighted by molar-refractivity contribution is 5.82. The molecule has 0 amide bonds. The lowest BCUT2D eigenvalue weighted by Crippen LogP contribution is -2.29. The van der Waals surface area contributed by atoms with Crippen molar-refractivity contribution in [1.82, 2.24) is 0 Å². The minimum atomic E-state index is 1.02. The second-order valence-corrected chi connectivity index (χ2v) is 6.67. The number of aryl methyl sites for hydroxylation is 1. The Morgan fingerprint density at radius 2 is 1.62 bits per heavy atom. The van der Waals surface area contributed by atoms with Gasteiger partial charge in [-0.15, -0.1) is 0 Å². The van der Waals surface area contributed by atoms with Crippen LogP contribution in [0.2, 0.25) is 0 Å². The van der Waals surface area contributed by atoms with E-state index in [1.165, 1.54) is 62.9 Å². The third kappa shape index (κ3) is 4.70. The van der Waals surface area contributed by atoms with Gasteiger partial charge in [-0.25, -0.2) is 0 Å². The van der Waals surface area contributed by atoms with Crippen molar-refractivity contribution in [3.63, 3.8) is 0 Å².